The van der Waals surface area contributed by atoms with Gasteiger partial charge in [0.05, 0.1) is 24.4 Å². The van der Waals surface area contributed by atoms with Gasteiger partial charge in [-0.25, -0.2) is 4.98 Å². The maximum absolute atomic E-state index is 12.5. The molecular weight excluding hydrogens is 341 g/mol. The highest BCUT2D eigenvalue weighted by molar-refractivity contribution is 7.71. The van der Waals surface area contributed by atoms with Crippen molar-refractivity contribution in [1.82, 2.24) is 9.55 Å². The first-order valence-electron chi connectivity index (χ1n) is 6.23. The summed E-state index contributed by atoms with van der Waals surface area (Å²) < 4.78 is 39.7. The first-order valence-corrected chi connectivity index (χ1v) is 7.02. The van der Waals surface area contributed by atoms with Crippen LogP contribution in [-0.4, -0.2) is 21.2 Å². The average molecular weight is 354 g/mol. The predicted octanol–water partition coefficient (Wildman–Crippen LogP) is 2.64. The summed E-state index contributed by atoms with van der Waals surface area (Å²) >= 11 is 10.9. The molecule has 0 aliphatic carbocycles. The molecule has 0 radical (unpaired) electrons. The van der Waals surface area contributed by atoms with Gasteiger partial charge in [0.1, 0.15) is 17.8 Å². The van der Waals surface area contributed by atoms with E-state index in [2.05, 4.69) is 15.3 Å². The van der Waals surface area contributed by atoms with Crippen molar-refractivity contribution >= 4 is 29.6 Å². The van der Waals surface area contributed by atoms with Crippen LogP contribution >= 0.6 is 23.8 Å². The molecule has 2 rings (SSSR count). The lowest BCUT2D eigenvalue weighted by molar-refractivity contribution is -0.364. The van der Waals surface area contributed by atoms with Crippen LogP contribution in [0, 0.1) is 4.77 Å². The van der Waals surface area contributed by atoms with Gasteiger partial charge in [0, 0.05) is 6.20 Å². The molecule has 5 nitrogen and oxygen atoms in total. The summed E-state index contributed by atoms with van der Waals surface area (Å²) in [6.45, 7) is 0.616. The number of hydrogen-bond acceptors (Lipinski definition) is 3. The lowest BCUT2D eigenvalue weighted by atomic mass is 10.3. The molecule has 2 aromatic rings. The maximum atomic E-state index is 12.5. The molecule has 4 N–H and O–H groups in total. The van der Waals surface area contributed by atoms with E-state index in [0.29, 0.717) is 23.6 Å². The average Bonchev–Trinajstić information content (AvgIpc) is 2.80. The predicted molar refractivity (Wildman–Crippen MR) is 77.0 cm³/mol. The zero-order chi connectivity index (χ0) is 16.3. The van der Waals surface area contributed by atoms with Crippen molar-refractivity contribution in [2.24, 2.45) is 0 Å². The zero-order valence-corrected chi connectivity index (χ0v) is 12.7. The summed E-state index contributed by atoms with van der Waals surface area (Å²) in [6, 6.07) is 0.849. The Balaban J connectivity index is 2.03. The van der Waals surface area contributed by atoms with Crippen molar-refractivity contribution in [2.45, 2.75) is 19.3 Å². The highest BCUT2D eigenvalue weighted by Crippen LogP contribution is 2.31. The van der Waals surface area contributed by atoms with Crippen LogP contribution in [0.3, 0.4) is 0 Å². The number of anilines is 1. The van der Waals surface area contributed by atoms with Crippen LogP contribution in [0.5, 0.6) is 0 Å². The third-order valence-electron chi connectivity index (χ3n) is 2.97. The van der Waals surface area contributed by atoms with Gasteiger partial charge in [-0.3, -0.25) is 5.32 Å². The number of aliphatic hydroxyl groups is 1. The number of aromatic amines is 2. The Bertz CT molecular complexity index is 713. The van der Waals surface area contributed by atoms with E-state index in [1.54, 1.807) is 10.8 Å². The fourth-order valence-corrected chi connectivity index (χ4v) is 2.37. The number of pyridine rings is 1. The minimum absolute atomic E-state index is 0.0603. The molecule has 0 spiro atoms. The lowest BCUT2D eigenvalue weighted by Crippen LogP contribution is -2.20. The monoisotopic (exact) mass is 353 g/mol. The van der Waals surface area contributed by atoms with E-state index in [4.69, 9.17) is 28.9 Å². The van der Waals surface area contributed by atoms with Crippen molar-refractivity contribution in [2.75, 3.05) is 11.9 Å². The number of halogens is 4. The van der Waals surface area contributed by atoms with Crippen molar-refractivity contribution in [3.8, 4) is 0 Å². The third-order valence-corrected chi connectivity index (χ3v) is 3.61. The van der Waals surface area contributed by atoms with E-state index in [-0.39, 0.29) is 17.4 Å². The minimum Gasteiger partial charge on any atom is -0.390 e. The molecule has 0 saturated carbocycles. The molecule has 0 bridgehead atoms. The number of nitrogens with one attached hydrogen (secondary N) is 3. The van der Waals surface area contributed by atoms with Crippen LogP contribution in [0.1, 0.15) is 11.3 Å². The standard InChI is InChI=1S/C12H12ClF3N4OS/c13-9-3-7(12(14,15)16)4-18-10(9)17-1-2-20-8(6-21)5-19-11(20)22/h3-5,21H,1-2,6H2,(H,17,18)(H,19,22)/p+1. The highest BCUT2D eigenvalue weighted by Gasteiger charge is 2.32. The first-order chi connectivity index (χ1) is 10.3. The van der Waals surface area contributed by atoms with Gasteiger partial charge >= 0.3 is 6.18 Å². The van der Waals surface area contributed by atoms with E-state index < -0.39 is 11.7 Å². The highest BCUT2D eigenvalue weighted by atomic mass is 35.5. The third kappa shape index (κ3) is 3.79. The molecule has 0 aliphatic rings. The summed E-state index contributed by atoms with van der Waals surface area (Å²) in [5.74, 6) is 0.280. The van der Waals surface area contributed by atoms with Crippen molar-refractivity contribution in [3.63, 3.8) is 0 Å². The number of hydrogen-bond donors (Lipinski definition) is 3. The number of alkyl halides is 3. The number of aliphatic hydroxyl groups excluding tert-OH is 1. The smallest absolute Gasteiger partial charge is 0.390 e. The molecule has 120 valence electrons. The van der Waals surface area contributed by atoms with Gasteiger partial charge in [0.15, 0.2) is 4.77 Å². The Kier molecular flexibility index (Phi) is 5.09. The quantitative estimate of drug-likeness (QED) is 0.724. The van der Waals surface area contributed by atoms with Gasteiger partial charge in [-0.05, 0) is 18.3 Å². The molecule has 0 unspecified atom stereocenters. The van der Waals surface area contributed by atoms with E-state index >= 15 is 0 Å². The minimum atomic E-state index is -4.45. The molecule has 0 saturated heterocycles. The molecule has 0 aliphatic heterocycles. The SMILES string of the molecule is OCc1c[nH]c(=S)n1CCNc1[nH+]cc(C(F)(F)F)cc1Cl. The Labute approximate surface area is 133 Å². The van der Waals surface area contributed by atoms with Crippen LogP contribution in [0.15, 0.2) is 18.5 Å². The van der Waals surface area contributed by atoms with Crippen LogP contribution in [0.25, 0.3) is 0 Å². The van der Waals surface area contributed by atoms with Gasteiger partial charge < -0.3 is 14.7 Å². The number of rotatable bonds is 5. The van der Waals surface area contributed by atoms with Crippen molar-refractivity contribution < 1.29 is 23.3 Å². The number of H-pyrrole nitrogens is 2. The van der Waals surface area contributed by atoms with Gasteiger partial charge in [0.25, 0.3) is 5.82 Å². The van der Waals surface area contributed by atoms with E-state index in [1.807, 2.05) is 0 Å². The van der Waals surface area contributed by atoms with Gasteiger partial charge in [-0.15, -0.1) is 0 Å². The topological polar surface area (TPSA) is 67.1 Å². The van der Waals surface area contributed by atoms with Crippen LogP contribution in [0.4, 0.5) is 19.0 Å². The van der Waals surface area contributed by atoms with Crippen molar-refractivity contribution in [3.05, 3.63) is 39.5 Å². The van der Waals surface area contributed by atoms with E-state index in [0.717, 1.165) is 12.3 Å². The maximum Gasteiger partial charge on any atom is 0.419 e. The van der Waals surface area contributed by atoms with Crippen LogP contribution in [-0.2, 0) is 19.3 Å². The summed E-state index contributed by atoms with van der Waals surface area (Å²) in [4.78, 5) is 5.28. The summed E-state index contributed by atoms with van der Waals surface area (Å²) in [5, 5.41) is 12.0. The molecule has 0 amide bonds. The number of imidazole rings is 1. The summed E-state index contributed by atoms with van der Waals surface area (Å²) in [5.41, 5.74) is -0.229. The molecule has 22 heavy (non-hydrogen) atoms. The summed E-state index contributed by atoms with van der Waals surface area (Å²) in [7, 11) is 0. The summed E-state index contributed by atoms with van der Waals surface area (Å²) in [6.07, 6.45) is -2.01. The normalized spacial score (nSPS) is 11.7. The Morgan fingerprint density at radius 2 is 2.18 bits per heavy atom. The zero-order valence-electron chi connectivity index (χ0n) is 11.2. The second-order valence-corrected chi connectivity index (χ2v) is 5.22. The van der Waals surface area contributed by atoms with Crippen molar-refractivity contribution in [1.29, 1.82) is 0 Å². The molecular formula is C12H13ClF3N4OS+. The van der Waals surface area contributed by atoms with E-state index in [1.165, 1.54) is 0 Å². The fourth-order valence-electron chi connectivity index (χ4n) is 1.87. The number of aromatic nitrogens is 3. The van der Waals surface area contributed by atoms with Crippen LogP contribution in [0.2, 0.25) is 5.02 Å². The Morgan fingerprint density at radius 1 is 1.45 bits per heavy atom. The fraction of sp³-hybridized carbons (Fsp3) is 0.333. The Morgan fingerprint density at radius 3 is 2.77 bits per heavy atom. The molecule has 2 aromatic heterocycles. The molecule has 10 heteroatoms. The first kappa shape index (κ1) is 16.8. The largest absolute Gasteiger partial charge is 0.419 e. The number of nitrogens with zero attached hydrogens (tertiary/aromatic N) is 1. The molecule has 0 aromatic carbocycles. The second-order valence-electron chi connectivity index (χ2n) is 4.43. The van der Waals surface area contributed by atoms with Gasteiger partial charge in [-0.1, -0.05) is 11.6 Å². The second kappa shape index (κ2) is 6.67. The van der Waals surface area contributed by atoms with Gasteiger partial charge in [-0.2, -0.15) is 13.2 Å². The van der Waals surface area contributed by atoms with Crippen LogP contribution < -0.4 is 10.3 Å². The molecule has 0 fully saturated rings. The molecule has 2 heterocycles. The lowest BCUT2D eigenvalue weighted by Gasteiger charge is -2.08. The van der Waals surface area contributed by atoms with E-state index in [9.17, 15) is 13.2 Å². The van der Waals surface area contributed by atoms with Gasteiger partial charge in [0.2, 0.25) is 0 Å². The Hall–Kier alpha value is -1.58. The molecule has 0 atom stereocenters.